The number of amides is 2. The highest BCUT2D eigenvalue weighted by Gasteiger charge is 2.15. The molecule has 0 saturated carbocycles. The van der Waals surface area contributed by atoms with Crippen molar-refractivity contribution in [1.29, 1.82) is 0 Å². The van der Waals surface area contributed by atoms with Crippen LogP contribution in [0.3, 0.4) is 0 Å². The van der Waals surface area contributed by atoms with E-state index in [1.807, 2.05) is 31.2 Å². The van der Waals surface area contributed by atoms with Gasteiger partial charge in [0, 0.05) is 25.2 Å². The van der Waals surface area contributed by atoms with Crippen molar-refractivity contribution < 1.29 is 19.1 Å². The van der Waals surface area contributed by atoms with Gasteiger partial charge in [-0.05, 0) is 43.3 Å². The van der Waals surface area contributed by atoms with Gasteiger partial charge in [0.25, 0.3) is 5.91 Å². The van der Waals surface area contributed by atoms with E-state index >= 15 is 0 Å². The number of carbonyl (C=O) groups is 3. The molecular formula is C19H20N2O4. The maximum absolute atomic E-state index is 12.3. The first-order valence-corrected chi connectivity index (χ1v) is 7.75. The highest BCUT2D eigenvalue weighted by molar-refractivity contribution is 5.99. The molecule has 0 unspecified atom stereocenters. The second-order valence-corrected chi connectivity index (χ2v) is 5.69. The molecule has 0 radical (unpaired) electrons. The zero-order valence-corrected chi connectivity index (χ0v) is 14.4. The first kappa shape index (κ1) is 18.2. The number of carbonyl (C=O) groups excluding carboxylic acids is 3. The number of nitrogens with zero attached hydrogens (tertiary/aromatic N) is 1. The molecule has 0 atom stereocenters. The summed E-state index contributed by atoms with van der Waals surface area (Å²) >= 11 is 0. The van der Waals surface area contributed by atoms with E-state index in [0.717, 1.165) is 5.56 Å². The molecule has 130 valence electrons. The highest BCUT2D eigenvalue weighted by Crippen LogP contribution is 2.14. The summed E-state index contributed by atoms with van der Waals surface area (Å²) in [6.07, 6.45) is 0. The minimum atomic E-state index is -0.427. The smallest absolute Gasteiger partial charge is 0.308 e. The van der Waals surface area contributed by atoms with E-state index in [2.05, 4.69) is 5.32 Å². The molecule has 2 rings (SSSR count). The van der Waals surface area contributed by atoms with E-state index in [1.165, 1.54) is 24.0 Å². The molecule has 0 bridgehead atoms. The molecule has 0 aliphatic heterocycles. The van der Waals surface area contributed by atoms with Crippen molar-refractivity contribution in [2.45, 2.75) is 13.8 Å². The van der Waals surface area contributed by atoms with Crippen molar-refractivity contribution in [3.63, 3.8) is 0 Å². The average molecular weight is 340 g/mol. The molecule has 0 spiro atoms. The topological polar surface area (TPSA) is 75.7 Å². The molecule has 0 aliphatic carbocycles. The van der Waals surface area contributed by atoms with Crippen molar-refractivity contribution in [2.75, 3.05) is 18.9 Å². The van der Waals surface area contributed by atoms with E-state index in [0.29, 0.717) is 17.0 Å². The fraction of sp³-hybridized carbons (Fsp3) is 0.211. The lowest BCUT2D eigenvalue weighted by atomic mass is 10.2. The lowest BCUT2D eigenvalue weighted by Crippen LogP contribution is -2.34. The minimum Gasteiger partial charge on any atom is -0.427 e. The average Bonchev–Trinajstić information content (AvgIpc) is 2.56. The minimum absolute atomic E-state index is 0.0710. The van der Waals surface area contributed by atoms with E-state index in [4.69, 9.17) is 4.74 Å². The molecule has 1 N–H and O–H groups in total. The third kappa shape index (κ3) is 5.46. The Morgan fingerprint density at radius 2 is 1.60 bits per heavy atom. The SMILES string of the molecule is CC(=O)Oc1ccc(C(=O)N(C)CC(=O)Nc2ccc(C)cc2)cc1. The third-order valence-electron chi connectivity index (χ3n) is 3.43. The van der Waals surface area contributed by atoms with Crippen molar-refractivity contribution in [1.82, 2.24) is 4.90 Å². The Kier molecular flexibility index (Phi) is 5.89. The Morgan fingerprint density at radius 3 is 2.16 bits per heavy atom. The van der Waals surface area contributed by atoms with Crippen LogP contribution in [0.2, 0.25) is 0 Å². The van der Waals surface area contributed by atoms with Crippen molar-refractivity contribution in [3.05, 3.63) is 59.7 Å². The fourth-order valence-electron chi connectivity index (χ4n) is 2.18. The second-order valence-electron chi connectivity index (χ2n) is 5.69. The quantitative estimate of drug-likeness (QED) is 0.671. The Hall–Kier alpha value is -3.15. The highest BCUT2D eigenvalue weighted by atomic mass is 16.5. The number of ether oxygens (including phenoxy) is 1. The van der Waals surface area contributed by atoms with Gasteiger partial charge in [-0.25, -0.2) is 0 Å². The molecule has 0 aliphatic rings. The van der Waals surface area contributed by atoms with Crippen LogP contribution in [0.15, 0.2) is 48.5 Å². The number of anilines is 1. The Morgan fingerprint density at radius 1 is 1.00 bits per heavy atom. The molecular weight excluding hydrogens is 320 g/mol. The van der Waals surface area contributed by atoms with Crippen LogP contribution in [0.4, 0.5) is 5.69 Å². The largest absolute Gasteiger partial charge is 0.427 e. The second kappa shape index (κ2) is 8.10. The fourth-order valence-corrected chi connectivity index (χ4v) is 2.18. The van der Waals surface area contributed by atoms with Crippen LogP contribution in [-0.2, 0) is 9.59 Å². The molecule has 0 aromatic heterocycles. The number of esters is 1. The first-order chi connectivity index (χ1) is 11.8. The van der Waals surface area contributed by atoms with Crippen molar-refractivity contribution in [2.24, 2.45) is 0 Å². The Balaban J connectivity index is 1.93. The normalized spacial score (nSPS) is 10.0. The third-order valence-corrected chi connectivity index (χ3v) is 3.43. The van der Waals surface area contributed by atoms with Gasteiger partial charge in [0.2, 0.25) is 5.91 Å². The van der Waals surface area contributed by atoms with Crippen molar-refractivity contribution >= 4 is 23.5 Å². The lowest BCUT2D eigenvalue weighted by Gasteiger charge is -2.17. The van der Waals surface area contributed by atoms with Gasteiger partial charge in [-0.2, -0.15) is 0 Å². The van der Waals surface area contributed by atoms with Gasteiger partial charge in [-0.3, -0.25) is 14.4 Å². The van der Waals surface area contributed by atoms with Crippen LogP contribution in [-0.4, -0.2) is 36.3 Å². The number of hydrogen-bond acceptors (Lipinski definition) is 4. The van der Waals surface area contributed by atoms with Crippen LogP contribution in [0, 0.1) is 6.92 Å². The Bertz CT molecular complexity index is 767. The molecule has 0 heterocycles. The standard InChI is InChI=1S/C19H20N2O4/c1-13-4-8-16(9-5-13)20-18(23)12-21(3)19(24)15-6-10-17(11-7-15)25-14(2)22/h4-11H,12H2,1-3H3,(H,20,23). The molecule has 6 nitrogen and oxygen atoms in total. The van der Waals surface area contributed by atoms with Gasteiger partial charge in [-0.1, -0.05) is 17.7 Å². The summed E-state index contributed by atoms with van der Waals surface area (Å²) in [6.45, 7) is 3.20. The molecule has 2 amide bonds. The summed E-state index contributed by atoms with van der Waals surface area (Å²) in [4.78, 5) is 36.6. The number of nitrogens with one attached hydrogen (secondary N) is 1. The van der Waals surface area contributed by atoms with E-state index in [1.54, 1.807) is 19.2 Å². The maximum Gasteiger partial charge on any atom is 0.308 e. The zero-order chi connectivity index (χ0) is 18.4. The van der Waals surface area contributed by atoms with E-state index in [9.17, 15) is 14.4 Å². The van der Waals surface area contributed by atoms with Gasteiger partial charge in [0.15, 0.2) is 0 Å². The van der Waals surface area contributed by atoms with E-state index < -0.39 is 5.97 Å². The summed E-state index contributed by atoms with van der Waals surface area (Å²) in [5.74, 6) is -0.641. The molecule has 0 saturated heterocycles. The van der Waals surface area contributed by atoms with Crippen LogP contribution < -0.4 is 10.1 Å². The Labute approximate surface area is 146 Å². The summed E-state index contributed by atoms with van der Waals surface area (Å²) in [5.41, 5.74) is 2.19. The van der Waals surface area contributed by atoms with Crippen molar-refractivity contribution in [3.8, 4) is 5.75 Å². The summed E-state index contributed by atoms with van der Waals surface area (Å²) < 4.78 is 4.92. The molecule has 6 heteroatoms. The summed E-state index contributed by atoms with van der Waals surface area (Å²) in [6, 6.07) is 13.6. The molecule has 25 heavy (non-hydrogen) atoms. The number of benzene rings is 2. The van der Waals surface area contributed by atoms with Crippen LogP contribution in [0.25, 0.3) is 0 Å². The zero-order valence-electron chi connectivity index (χ0n) is 14.4. The van der Waals surface area contributed by atoms with Gasteiger partial charge in [0.1, 0.15) is 5.75 Å². The summed E-state index contributed by atoms with van der Waals surface area (Å²) in [5, 5.41) is 2.75. The maximum atomic E-state index is 12.3. The monoisotopic (exact) mass is 340 g/mol. The van der Waals surface area contributed by atoms with Crippen LogP contribution >= 0.6 is 0 Å². The first-order valence-electron chi connectivity index (χ1n) is 7.75. The van der Waals surface area contributed by atoms with Gasteiger partial charge < -0.3 is 15.0 Å². The number of hydrogen-bond donors (Lipinski definition) is 1. The van der Waals surface area contributed by atoms with Gasteiger partial charge in [-0.15, -0.1) is 0 Å². The lowest BCUT2D eigenvalue weighted by molar-refractivity contribution is -0.131. The van der Waals surface area contributed by atoms with Crippen LogP contribution in [0.5, 0.6) is 5.75 Å². The predicted octanol–water partition coefficient (Wildman–Crippen LogP) is 2.63. The number of likely N-dealkylation sites (N-methyl/N-ethyl adjacent to an activating group) is 1. The van der Waals surface area contributed by atoms with Gasteiger partial charge >= 0.3 is 5.97 Å². The summed E-state index contributed by atoms with van der Waals surface area (Å²) in [7, 11) is 1.55. The number of rotatable bonds is 5. The van der Waals surface area contributed by atoms with E-state index in [-0.39, 0.29) is 18.4 Å². The molecule has 2 aromatic rings. The molecule has 2 aromatic carbocycles. The molecule has 0 fully saturated rings. The van der Waals surface area contributed by atoms with Crippen LogP contribution in [0.1, 0.15) is 22.8 Å². The van der Waals surface area contributed by atoms with Gasteiger partial charge in [0.05, 0.1) is 6.54 Å². The number of aryl methyl sites for hydroxylation is 1. The predicted molar refractivity (Wildman–Crippen MR) is 94.5 cm³/mol.